The zero-order valence-electron chi connectivity index (χ0n) is 47.3. The maximum Gasteiger partial charge on any atom is 0.306 e. The lowest BCUT2D eigenvalue weighted by molar-refractivity contribution is -0.167. The average Bonchev–Trinajstić information content (AvgIpc) is 3.36. The molecule has 70 heavy (non-hydrogen) atoms. The lowest BCUT2D eigenvalue weighted by atomic mass is 10.0. The molecule has 0 aliphatic heterocycles. The first kappa shape index (κ1) is 67.9. The van der Waals surface area contributed by atoms with Crippen LogP contribution < -0.4 is 0 Å². The Morgan fingerprint density at radius 2 is 0.543 bits per heavy atom. The van der Waals surface area contributed by atoms with E-state index >= 15 is 0 Å². The first-order valence-electron chi connectivity index (χ1n) is 31.3. The molecule has 0 aromatic carbocycles. The Morgan fingerprint density at radius 1 is 0.286 bits per heavy atom. The summed E-state index contributed by atoms with van der Waals surface area (Å²) in [6.45, 7) is 6.52. The minimum atomic E-state index is -0.771. The summed E-state index contributed by atoms with van der Waals surface area (Å²) in [5.41, 5.74) is 0. The Hall–Kier alpha value is -2.11. The minimum Gasteiger partial charge on any atom is -0.462 e. The van der Waals surface area contributed by atoms with E-state index in [1.807, 2.05) is 0 Å². The molecule has 0 fully saturated rings. The largest absolute Gasteiger partial charge is 0.462 e. The summed E-state index contributed by atoms with van der Waals surface area (Å²) in [5, 5.41) is 0. The molecule has 6 nitrogen and oxygen atoms in total. The van der Waals surface area contributed by atoms with E-state index in [9.17, 15) is 14.4 Å². The van der Waals surface area contributed by atoms with Crippen molar-refractivity contribution in [3.05, 3.63) is 24.3 Å². The molecule has 0 aliphatic carbocycles. The van der Waals surface area contributed by atoms with Gasteiger partial charge < -0.3 is 14.2 Å². The zero-order chi connectivity index (χ0) is 50.7. The second-order valence-corrected chi connectivity index (χ2v) is 21.3. The van der Waals surface area contributed by atoms with E-state index in [2.05, 4.69) is 45.1 Å². The van der Waals surface area contributed by atoms with Crippen molar-refractivity contribution in [3.8, 4) is 0 Å². The Morgan fingerprint density at radius 3 is 0.843 bits per heavy atom. The van der Waals surface area contributed by atoms with E-state index in [4.69, 9.17) is 14.2 Å². The predicted molar refractivity (Wildman–Crippen MR) is 303 cm³/mol. The first-order chi connectivity index (χ1) is 34.5. The molecule has 1 unspecified atom stereocenters. The molecule has 0 bridgehead atoms. The monoisotopic (exact) mass is 985 g/mol. The maximum absolute atomic E-state index is 12.7. The zero-order valence-corrected chi connectivity index (χ0v) is 47.3. The second-order valence-electron chi connectivity index (χ2n) is 21.3. The topological polar surface area (TPSA) is 78.9 Å². The molecule has 0 heterocycles. The second kappa shape index (κ2) is 59.5. The molecule has 0 aromatic rings. The molecule has 1 atom stereocenters. The van der Waals surface area contributed by atoms with Crippen molar-refractivity contribution in [1.82, 2.24) is 0 Å². The summed E-state index contributed by atoms with van der Waals surface area (Å²) in [6, 6.07) is 0. The van der Waals surface area contributed by atoms with Gasteiger partial charge in [-0.15, -0.1) is 0 Å². The van der Waals surface area contributed by atoms with Gasteiger partial charge in [-0.05, 0) is 44.9 Å². The molecule has 0 radical (unpaired) electrons. The van der Waals surface area contributed by atoms with Crippen molar-refractivity contribution in [2.24, 2.45) is 0 Å². The molecular formula is C64H120O6. The third kappa shape index (κ3) is 56.8. The van der Waals surface area contributed by atoms with Gasteiger partial charge >= 0.3 is 17.9 Å². The summed E-state index contributed by atoms with van der Waals surface area (Å²) >= 11 is 0. The molecule has 412 valence electrons. The molecular weight excluding hydrogens is 865 g/mol. The fourth-order valence-corrected chi connectivity index (χ4v) is 9.48. The van der Waals surface area contributed by atoms with Crippen molar-refractivity contribution in [2.45, 2.75) is 354 Å². The van der Waals surface area contributed by atoms with Crippen LogP contribution in [-0.4, -0.2) is 37.2 Å². The van der Waals surface area contributed by atoms with Crippen molar-refractivity contribution in [2.75, 3.05) is 13.2 Å². The van der Waals surface area contributed by atoms with Gasteiger partial charge in [0.1, 0.15) is 13.2 Å². The lowest BCUT2D eigenvalue weighted by Crippen LogP contribution is -2.30. The number of carbonyl (C=O) groups is 3. The number of carbonyl (C=O) groups excluding carboxylic acids is 3. The van der Waals surface area contributed by atoms with Gasteiger partial charge in [-0.1, -0.05) is 308 Å². The lowest BCUT2D eigenvalue weighted by Gasteiger charge is -2.18. The summed E-state index contributed by atoms with van der Waals surface area (Å²) in [5.74, 6) is -0.886. The van der Waals surface area contributed by atoms with Crippen molar-refractivity contribution in [1.29, 1.82) is 0 Å². The van der Waals surface area contributed by atoms with Gasteiger partial charge in [0.25, 0.3) is 0 Å². The van der Waals surface area contributed by atoms with E-state index in [1.54, 1.807) is 0 Å². The summed E-state index contributed by atoms with van der Waals surface area (Å²) in [4.78, 5) is 37.7. The van der Waals surface area contributed by atoms with E-state index in [0.717, 1.165) is 96.3 Å². The average molecular weight is 986 g/mol. The fourth-order valence-electron chi connectivity index (χ4n) is 9.48. The normalized spacial score (nSPS) is 12.1. The molecule has 0 saturated carbocycles. The van der Waals surface area contributed by atoms with E-state index in [1.165, 1.54) is 212 Å². The number of esters is 3. The Labute approximate surface area is 436 Å². The first-order valence-corrected chi connectivity index (χ1v) is 31.3. The van der Waals surface area contributed by atoms with Crippen LogP contribution >= 0.6 is 0 Å². The molecule has 0 aromatic heterocycles. The van der Waals surface area contributed by atoms with Crippen LogP contribution in [0.3, 0.4) is 0 Å². The molecule has 0 aliphatic rings. The number of rotatable bonds is 58. The SMILES string of the molecule is CCC/C=C\C/C=C\CCCCCCCC(=O)OC(COC(=O)CCCCCCC)COC(=O)CCCCCCCCCCCCCCCCCCCCCCCCCCCCCCCCCCCC. The standard InChI is InChI=1S/C64H120O6/c1-4-7-10-13-15-17-19-21-22-23-24-25-26-27-28-29-30-31-32-33-34-35-36-37-38-39-40-41-43-44-46-48-51-54-57-63(66)69-60-61(59-68-62(65)56-53-50-12-9-6-3)70-64(67)58-55-52-49-47-45-42-20-18-16-14-11-8-5-2/h11,14,18,20,61H,4-10,12-13,15-17,19,21-60H2,1-3H3/b14-11-,20-18-. The summed E-state index contributed by atoms with van der Waals surface area (Å²) in [6.07, 6.45) is 71.3. The van der Waals surface area contributed by atoms with Gasteiger partial charge in [-0.3, -0.25) is 14.4 Å². The highest BCUT2D eigenvalue weighted by molar-refractivity contribution is 5.71. The third-order valence-electron chi connectivity index (χ3n) is 14.2. The van der Waals surface area contributed by atoms with Crippen molar-refractivity contribution in [3.63, 3.8) is 0 Å². The predicted octanol–water partition coefficient (Wildman–Crippen LogP) is 21.1. The molecule has 0 saturated heterocycles. The highest BCUT2D eigenvalue weighted by atomic mass is 16.6. The molecule has 0 N–H and O–H groups in total. The van der Waals surface area contributed by atoms with Crippen LogP contribution in [0, 0.1) is 0 Å². The number of hydrogen-bond donors (Lipinski definition) is 0. The van der Waals surface area contributed by atoms with Crippen LogP contribution in [0.4, 0.5) is 0 Å². The highest BCUT2D eigenvalue weighted by Gasteiger charge is 2.19. The van der Waals surface area contributed by atoms with E-state index in [0.29, 0.717) is 19.3 Å². The van der Waals surface area contributed by atoms with Crippen LogP contribution in [0.2, 0.25) is 0 Å². The van der Waals surface area contributed by atoms with Crippen LogP contribution in [0.15, 0.2) is 24.3 Å². The Kier molecular flexibility index (Phi) is 57.7. The van der Waals surface area contributed by atoms with Gasteiger partial charge in [-0.2, -0.15) is 0 Å². The minimum absolute atomic E-state index is 0.0735. The van der Waals surface area contributed by atoms with Crippen molar-refractivity contribution < 1.29 is 28.6 Å². The van der Waals surface area contributed by atoms with Gasteiger partial charge in [0.15, 0.2) is 6.10 Å². The number of allylic oxidation sites excluding steroid dienone is 4. The fraction of sp³-hybridized carbons (Fsp3) is 0.891. The van der Waals surface area contributed by atoms with Gasteiger partial charge in [-0.25, -0.2) is 0 Å². The van der Waals surface area contributed by atoms with Crippen LogP contribution in [0.25, 0.3) is 0 Å². The molecule has 0 amide bonds. The number of unbranched alkanes of at least 4 members (excludes halogenated alkanes) is 43. The third-order valence-corrected chi connectivity index (χ3v) is 14.2. The molecule has 0 rings (SSSR count). The summed E-state index contributed by atoms with van der Waals surface area (Å²) in [7, 11) is 0. The Bertz CT molecular complexity index is 1130. The quantitative estimate of drug-likeness (QED) is 0.0261. The van der Waals surface area contributed by atoms with Crippen LogP contribution in [0.1, 0.15) is 348 Å². The molecule has 6 heteroatoms. The molecule has 0 spiro atoms. The highest BCUT2D eigenvalue weighted by Crippen LogP contribution is 2.18. The van der Waals surface area contributed by atoms with Crippen LogP contribution in [-0.2, 0) is 28.6 Å². The van der Waals surface area contributed by atoms with Crippen molar-refractivity contribution >= 4 is 17.9 Å². The van der Waals surface area contributed by atoms with Gasteiger partial charge in [0.05, 0.1) is 0 Å². The van der Waals surface area contributed by atoms with E-state index < -0.39 is 6.10 Å². The number of hydrogen-bond acceptors (Lipinski definition) is 6. The van der Waals surface area contributed by atoms with Gasteiger partial charge in [0.2, 0.25) is 0 Å². The van der Waals surface area contributed by atoms with Crippen LogP contribution in [0.5, 0.6) is 0 Å². The van der Waals surface area contributed by atoms with E-state index in [-0.39, 0.29) is 31.1 Å². The smallest absolute Gasteiger partial charge is 0.306 e. The Balaban J connectivity index is 3.81. The summed E-state index contributed by atoms with van der Waals surface area (Å²) < 4.78 is 16.7. The van der Waals surface area contributed by atoms with Gasteiger partial charge in [0, 0.05) is 19.3 Å². The maximum atomic E-state index is 12.7. The number of ether oxygens (including phenoxy) is 3.